The molecule has 1 heterocycles. The van der Waals surface area contributed by atoms with E-state index >= 15 is 0 Å². The van der Waals surface area contributed by atoms with Crippen molar-refractivity contribution in [2.24, 2.45) is 5.73 Å². The summed E-state index contributed by atoms with van der Waals surface area (Å²) in [5.41, 5.74) is 7.00. The van der Waals surface area contributed by atoms with Gasteiger partial charge in [-0.05, 0) is 27.2 Å². The van der Waals surface area contributed by atoms with Crippen LogP contribution < -0.4 is 5.73 Å². The third-order valence-electron chi connectivity index (χ3n) is 1.86. The molecule has 0 aliphatic heterocycles. The first-order valence-corrected chi connectivity index (χ1v) is 5.48. The maximum Gasteiger partial charge on any atom is 0.0928 e. The van der Waals surface area contributed by atoms with Crippen molar-refractivity contribution in [2.75, 3.05) is 0 Å². The number of nitrogens with two attached hydrogens (primary N) is 1. The Morgan fingerprint density at radius 1 is 1.46 bits per heavy atom. The van der Waals surface area contributed by atoms with Crippen molar-refractivity contribution >= 4 is 11.3 Å². The molecule has 0 aliphatic rings. The first-order valence-electron chi connectivity index (χ1n) is 4.66. The third kappa shape index (κ3) is 3.08. The summed E-state index contributed by atoms with van der Waals surface area (Å²) in [5.74, 6) is 0. The van der Waals surface area contributed by atoms with Gasteiger partial charge in [0.15, 0.2) is 0 Å². The Kier molecular flexibility index (Phi) is 3.09. The van der Waals surface area contributed by atoms with Crippen LogP contribution >= 0.6 is 11.3 Å². The fourth-order valence-electron chi connectivity index (χ4n) is 1.22. The van der Waals surface area contributed by atoms with E-state index in [1.54, 1.807) is 11.3 Å². The molecule has 0 aliphatic carbocycles. The van der Waals surface area contributed by atoms with Gasteiger partial charge in [-0.25, -0.2) is 4.98 Å². The van der Waals surface area contributed by atoms with Gasteiger partial charge in [0.2, 0.25) is 0 Å². The van der Waals surface area contributed by atoms with Crippen molar-refractivity contribution in [1.29, 1.82) is 0 Å². The Balaban J connectivity index is 2.83. The second-order valence-electron chi connectivity index (χ2n) is 4.14. The standard InChI is InChI=1S/C10H18N2S/c1-5-9-12-7(2)8(13-9)6-10(3,4)11/h5-6,11H2,1-4H3. The molecule has 0 aromatic carbocycles. The van der Waals surface area contributed by atoms with E-state index in [1.165, 1.54) is 9.88 Å². The van der Waals surface area contributed by atoms with Crippen molar-refractivity contribution in [3.63, 3.8) is 0 Å². The van der Waals surface area contributed by atoms with Crippen molar-refractivity contribution in [3.8, 4) is 0 Å². The molecule has 0 unspecified atom stereocenters. The summed E-state index contributed by atoms with van der Waals surface area (Å²) in [6, 6.07) is 0. The van der Waals surface area contributed by atoms with Crippen LogP contribution in [0.15, 0.2) is 0 Å². The molecular weight excluding hydrogens is 180 g/mol. The van der Waals surface area contributed by atoms with E-state index in [2.05, 4.69) is 32.7 Å². The molecule has 0 amide bonds. The Bertz CT molecular complexity index is 284. The quantitative estimate of drug-likeness (QED) is 0.809. The van der Waals surface area contributed by atoms with E-state index in [0.29, 0.717) is 0 Å². The van der Waals surface area contributed by atoms with Gasteiger partial charge in [-0.1, -0.05) is 6.92 Å². The van der Waals surface area contributed by atoms with Gasteiger partial charge >= 0.3 is 0 Å². The van der Waals surface area contributed by atoms with Crippen molar-refractivity contribution in [1.82, 2.24) is 4.98 Å². The molecule has 1 aromatic rings. The van der Waals surface area contributed by atoms with Gasteiger partial charge in [-0.3, -0.25) is 0 Å². The lowest BCUT2D eigenvalue weighted by Gasteiger charge is -2.16. The smallest absolute Gasteiger partial charge is 0.0928 e. The molecule has 3 heteroatoms. The molecule has 0 bridgehead atoms. The highest BCUT2D eigenvalue weighted by Gasteiger charge is 2.16. The van der Waals surface area contributed by atoms with Gasteiger partial charge in [0.25, 0.3) is 0 Å². The molecular formula is C10H18N2S. The molecule has 0 fully saturated rings. The minimum Gasteiger partial charge on any atom is -0.325 e. The summed E-state index contributed by atoms with van der Waals surface area (Å²) in [4.78, 5) is 5.81. The van der Waals surface area contributed by atoms with Gasteiger partial charge < -0.3 is 5.73 Å². The summed E-state index contributed by atoms with van der Waals surface area (Å²) in [7, 11) is 0. The molecule has 1 aromatic heterocycles. The Morgan fingerprint density at radius 2 is 2.08 bits per heavy atom. The number of hydrogen-bond donors (Lipinski definition) is 1. The molecule has 74 valence electrons. The first kappa shape index (κ1) is 10.7. The van der Waals surface area contributed by atoms with Crippen LogP contribution in [0.1, 0.15) is 36.3 Å². The van der Waals surface area contributed by atoms with Gasteiger partial charge in [0.05, 0.1) is 10.7 Å². The van der Waals surface area contributed by atoms with E-state index in [1.807, 2.05) is 0 Å². The third-order valence-corrected chi connectivity index (χ3v) is 3.16. The highest BCUT2D eigenvalue weighted by Crippen LogP contribution is 2.22. The highest BCUT2D eigenvalue weighted by atomic mass is 32.1. The summed E-state index contributed by atoms with van der Waals surface area (Å²) in [6.45, 7) is 8.31. The van der Waals surface area contributed by atoms with E-state index in [4.69, 9.17) is 5.73 Å². The number of aryl methyl sites for hydroxylation is 2. The maximum absolute atomic E-state index is 5.97. The second-order valence-corrected chi connectivity index (χ2v) is 5.30. The van der Waals surface area contributed by atoms with Gasteiger partial charge in [-0.2, -0.15) is 0 Å². The zero-order valence-electron chi connectivity index (χ0n) is 8.85. The summed E-state index contributed by atoms with van der Waals surface area (Å²) < 4.78 is 0. The largest absolute Gasteiger partial charge is 0.325 e. The van der Waals surface area contributed by atoms with Crippen molar-refractivity contribution < 1.29 is 0 Å². The van der Waals surface area contributed by atoms with Crippen LogP contribution in [0.4, 0.5) is 0 Å². The van der Waals surface area contributed by atoms with E-state index in [-0.39, 0.29) is 5.54 Å². The van der Waals surface area contributed by atoms with Crippen LogP contribution in [0.3, 0.4) is 0 Å². The lowest BCUT2D eigenvalue weighted by atomic mass is 10.0. The predicted octanol–water partition coefficient (Wildman–Crippen LogP) is 2.29. The van der Waals surface area contributed by atoms with Crippen molar-refractivity contribution in [3.05, 3.63) is 15.6 Å². The minimum atomic E-state index is -0.123. The molecule has 2 nitrogen and oxygen atoms in total. The number of nitrogens with zero attached hydrogens (tertiary/aromatic N) is 1. The zero-order valence-corrected chi connectivity index (χ0v) is 9.66. The number of hydrogen-bond acceptors (Lipinski definition) is 3. The Morgan fingerprint density at radius 3 is 2.46 bits per heavy atom. The lowest BCUT2D eigenvalue weighted by Crippen LogP contribution is -2.34. The maximum atomic E-state index is 5.97. The normalized spacial score (nSPS) is 12.1. The van der Waals surface area contributed by atoms with Crippen LogP contribution in [0, 0.1) is 6.92 Å². The fourth-order valence-corrected chi connectivity index (χ4v) is 2.47. The molecule has 0 radical (unpaired) electrons. The van der Waals surface area contributed by atoms with E-state index < -0.39 is 0 Å². The number of aromatic nitrogens is 1. The SMILES string of the molecule is CCc1nc(C)c(CC(C)(C)N)s1. The van der Waals surface area contributed by atoms with Crippen LogP contribution in [-0.4, -0.2) is 10.5 Å². The van der Waals surface area contributed by atoms with Gasteiger partial charge in [-0.15, -0.1) is 11.3 Å². The molecule has 0 saturated heterocycles. The summed E-state index contributed by atoms with van der Waals surface area (Å²) in [6.07, 6.45) is 1.95. The van der Waals surface area contributed by atoms with Crippen LogP contribution in [0.2, 0.25) is 0 Å². The molecule has 13 heavy (non-hydrogen) atoms. The monoisotopic (exact) mass is 198 g/mol. The fraction of sp³-hybridized carbons (Fsp3) is 0.700. The topological polar surface area (TPSA) is 38.9 Å². The number of thiazole rings is 1. The second kappa shape index (κ2) is 3.76. The highest BCUT2D eigenvalue weighted by molar-refractivity contribution is 7.11. The van der Waals surface area contributed by atoms with E-state index in [0.717, 1.165) is 18.5 Å². The van der Waals surface area contributed by atoms with Gasteiger partial charge in [0, 0.05) is 16.8 Å². The van der Waals surface area contributed by atoms with Crippen molar-refractivity contribution in [2.45, 2.75) is 46.1 Å². The molecule has 0 spiro atoms. The summed E-state index contributed by atoms with van der Waals surface area (Å²) >= 11 is 1.80. The molecule has 2 N–H and O–H groups in total. The summed E-state index contributed by atoms with van der Waals surface area (Å²) in [5, 5.41) is 1.22. The minimum absolute atomic E-state index is 0.123. The zero-order chi connectivity index (χ0) is 10.1. The van der Waals surface area contributed by atoms with Gasteiger partial charge in [0.1, 0.15) is 0 Å². The van der Waals surface area contributed by atoms with E-state index in [9.17, 15) is 0 Å². The van der Waals surface area contributed by atoms with Crippen LogP contribution in [-0.2, 0) is 12.8 Å². The molecule has 0 atom stereocenters. The lowest BCUT2D eigenvalue weighted by molar-refractivity contribution is 0.519. The number of rotatable bonds is 3. The Labute approximate surface area is 84.2 Å². The Hall–Kier alpha value is -0.410. The average molecular weight is 198 g/mol. The molecule has 0 saturated carbocycles. The van der Waals surface area contributed by atoms with Crippen LogP contribution in [0.25, 0.3) is 0 Å². The van der Waals surface area contributed by atoms with Crippen LogP contribution in [0.5, 0.6) is 0 Å². The average Bonchev–Trinajstić information content (AvgIpc) is 2.29. The predicted molar refractivity (Wildman–Crippen MR) is 58.2 cm³/mol. The molecule has 1 rings (SSSR count). The first-order chi connectivity index (χ1) is 5.92.